The summed E-state index contributed by atoms with van der Waals surface area (Å²) in [6.07, 6.45) is 1.33. The lowest BCUT2D eigenvalue weighted by Gasteiger charge is -2.14. The number of nitrogens with two attached hydrogens (primary N) is 1. The summed E-state index contributed by atoms with van der Waals surface area (Å²) < 4.78 is 26.1. The van der Waals surface area contributed by atoms with Crippen LogP contribution in [-0.4, -0.2) is 28.9 Å². The molecule has 0 saturated carbocycles. The second-order valence-corrected chi connectivity index (χ2v) is 9.12. The largest absolute Gasteiger partial charge is 0.397 e. The van der Waals surface area contributed by atoms with Crippen molar-refractivity contribution < 1.29 is 13.2 Å². The lowest BCUT2D eigenvalue weighted by molar-refractivity contribution is -0.121. The first-order chi connectivity index (χ1) is 15.6. The predicted molar refractivity (Wildman–Crippen MR) is 124 cm³/mol. The number of rotatable bonds is 8. The number of pyridine rings is 1. The molecule has 0 bridgehead atoms. The fourth-order valence-electron chi connectivity index (χ4n) is 2.83. The highest BCUT2D eigenvalue weighted by molar-refractivity contribution is 7.89. The van der Waals surface area contributed by atoms with Crippen molar-refractivity contribution in [1.82, 2.24) is 24.7 Å². The molecular weight excluding hydrogens is 470 g/mol. The number of carbonyl (C=O) groups is 1. The Bertz CT molecular complexity index is 1360. The van der Waals surface area contributed by atoms with Gasteiger partial charge in [0.25, 0.3) is 15.6 Å². The van der Waals surface area contributed by atoms with Crippen LogP contribution < -0.4 is 26.9 Å². The summed E-state index contributed by atoms with van der Waals surface area (Å²) >= 11 is 5.93. The van der Waals surface area contributed by atoms with E-state index in [2.05, 4.69) is 25.5 Å². The second kappa shape index (κ2) is 9.98. The molecule has 2 heterocycles. The zero-order valence-corrected chi connectivity index (χ0v) is 19.4. The number of sulfonamides is 1. The average Bonchev–Trinajstić information content (AvgIpc) is 2.77. The fraction of sp³-hybridized carbons (Fsp3) is 0.200. The van der Waals surface area contributed by atoms with Crippen molar-refractivity contribution in [3.05, 3.63) is 75.1 Å². The summed E-state index contributed by atoms with van der Waals surface area (Å²) in [7, 11) is -4.08. The summed E-state index contributed by atoms with van der Waals surface area (Å²) in [6, 6.07) is 9.29. The molecule has 174 valence electrons. The van der Waals surface area contributed by atoms with E-state index in [1.807, 2.05) is 0 Å². The van der Waals surface area contributed by atoms with Gasteiger partial charge in [0.2, 0.25) is 11.7 Å². The Hall–Kier alpha value is -3.48. The molecule has 0 aliphatic heterocycles. The topological polar surface area (TPSA) is 161 Å². The number of aryl methyl sites for hydroxylation is 2. The van der Waals surface area contributed by atoms with Crippen LogP contribution in [0.1, 0.15) is 17.1 Å². The van der Waals surface area contributed by atoms with Crippen molar-refractivity contribution in [2.75, 3.05) is 11.2 Å². The molecule has 33 heavy (non-hydrogen) atoms. The van der Waals surface area contributed by atoms with E-state index in [1.165, 1.54) is 24.4 Å². The molecule has 3 aromatic rings. The number of nitrogen functional groups attached to an aromatic ring is 1. The molecule has 0 radical (unpaired) electrons. The highest BCUT2D eigenvalue weighted by Gasteiger charge is 2.19. The molecule has 13 heteroatoms. The number of hydrogen-bond acceptors (Lipinski definition) is 8. The van der Waals surface area contributed by atoms with Crippen LogP contribution >= 0.6 is 11.6 Å². The average molecular weight is 492 g/mol. The van der Waals surface area contributed by atoms with Crippen LogP contribution in [0.3, 0.4) is 0 Å². The third-order valence-electron chi connectivity index (χ3n) is 4.59. The molecule has 1 amide bonds. The van der Waals surface area contributed by atoms with E-state index < -0.39 is 21.5 Å². The molecule has 0 fully saturated rings. The van der Waals surface area contributed by atoms with Gasteiger partial charge < -0.3 is 11.1 Å². The second-order valence-electron chi connectivity index (χ2n) is 7.07. The number of nitrogens with zero attached hydrogens (tertiary/aromatic N) is 3. The van der Waals surface area contributed by atoms with Crippen molar-refractivity contribution in [2.24, 2.45) is 0 Å². The van der Waals surface area contributed by atoms with Crippen LogP contribution in [0.15, 0.2) is 52.3 Å². The molecule has 5 N–H and O–H groups in total. The normalized spacial score (nSPS) is 11.2. The summed E-state index contributed by atoms with van der Waals surface area (Å²) in [5, 5.41) is 2.68. The van der Waals surface area contributed by atoms with Gasteiger partial charge in [0.15, 0.2) is 0 Å². The minimum atomic E-state index is -4.08. The summed E-state index contributed by atoms with van der Waals surface area (Å²) in [5.74, 6) is -0.773. The minimum absolute atomic E-state index is 0.0153. The number of amides is 1. The SMILES string of the molecule is Cc1ccc(N)c(CNC(=O)Cn2c(C)cnc(NNS(=O)(=O)c3ccccc3Cl)c2=O)n1. The van der Waals surface area contributed by atoms with Crippen molar-refractivity contribution in [3.63, 3.8) is 0 Å². The number of halogens is 1. The maximum absolute atomic E-state index is 12.8. The van der Waals surface area contributed by atoms with Gasteiger partial charge in [-0.05, 0) is 38.1 Å². The van der Waals surface area contributed by atoms with Crippen molar-refractivity contribution in [3.8, 4) is 0 Å². The summed E-state index contributed by atoms with van der Waals surface area (Å²) in [6.45, 7) is 3.18. The summed E-state index contributed by atoms with van der Waals surface area (Å²) in [5.41, 5.74) is 9.58. The lowest BCUT2D eigenvalue weighted by atomic mass is 10.2. The molecule has 1 aromatic carbocycles. The van der Waals surface area contributed by atoms with Crippen LogP contribution in [0.25, 0.3) is 0 Å². The Balaban J connectivity index is 1.72. The third-order valence-corrected chi connectivity index (χ3v) is 6.33. The van der Waals surface area contributed by atoms with E-state index in [1.54, 1.807) is 32.0 Å². The van der Waals surface area contributed by atoms with Crippen LogP contribution in [0.4, 0.5) is 11.5 Å². The maximum atomic E-state index is 12.8. The highest BCUT2D eigenvalue weighted by Crippen LogP contribution is 2.20. The number of anilines is 2. The molecular formula is C20H22ClN7O4S. The van der Waals surface area contributed by atoms with E-state index in [-0.39, 0.29) is 28.8 Å². The minimum Gasteiger partial charge on any atom is -0.397 e. The van der Waals surface area contributed by atoms with E-state index in [0.717, 1.165) is 10.3 Å². The highest BCUT2D eigenvalue weighted by atomic mass is 35.5. The van der Waals surface area contributed by atoms with Crippen molar-refractivity contribution >= 4 is 39.0 Å². The third kappa shape index (κ3) is 5.86. The van der Waals surface area contributed by atoms with Gasteiger partial charge in [-0.3, -0.25) is 24.6 Å². The van der Waals surface area contributed by atoms with Gasteiger partial charge >= 0.3 is 0 Å². The van der Waals surface area contributed by atoms with Gasteiger partial charge in [-0.25, -0.2) is 13.4 Å². The molecule has 3 rings (SSSR count). The molecule has 0 spiro atoms. The van der Waals surface area contributed by atoms with Crippen LogP contribution in [-0.2, 0) is 27.9 Å². The molecule has 0 aliphatic rings. The number of aromatic nitrogens is 3. The van der Waals surface area contributed by atoms with Crippen LogP contribution in [0.5, 0.6) is 0 Å². The first kappa shape index (κ1) is 24.2. The van der Waals surface area contributed by atoms with Crippen molar-refractivity contribution in [1.29, 1.82) is 0 Å². The van der Waals surface area contributed by atoms with Gasteiger partial charge in [0.1, 0.15) is 11.4 Å². The smallest absolute Gasteiger partial charge is 0.295 e. The number of nitrogens with one attached hydrogen (secondary N) is 3. The van der Waals surface area contributed by atoms with Crippen molar-refractivity contribution in [2.45, 2.75) is 31.8 Å². The Morgan fingerprint density at radius 1 is 1.18 bits per heavy atom. The van der Waals surface area contributed by atoms with Gasteiger partial charge in [-0.2, -0.15) is 0 Å². The molecule has 2 aromatic heterocycles. The zero-order chi connectivity index (χ0) is 24.2. The first-order valence-corrected chi connectivity index (χ1v) is 11.5. The predicted octanol–water partition coefficient (Wildman–Crippen LogP) is 1.11. The van der Waals surface area contributed by atoms with Gasteiger partial charge in [-0.15, -0.1) is 4.83 Å². The Kier molecular flexibility index (Phi) is 7.31. The van der Waals surface area contributed by atoms with E-state index >= 15 is 0 Å². The number of carbonyl (C=O) groups excluding carboxylic acids is 1. The lowest BCUT2D eigenvalue weighted by Crippen LogP contribution is -2.38. The molecule has 0 unspecified atom stereocenters. The standard InChI is InChI=1S/C20H22ClN7O4S/c1-12-7-8-15(22)16(25-12)10-23-18(29)11-28-13(2)9-24-19(20(28)30)26-27-33(31,32)17-6-4-3-5-14(17)21/h3-9,27H,10-11,22H2,1-2H3,(H,23,29)(H,24,26). The maximum Gasteiger partial charge on any atom is 0.295 e. The van der Waals surface area contributed by atoms with E-state index in [4.69, 9.17) is 17.3 Å². The Labute approximate surface area is 195 Å². The molecule has 0 saturated heterocycles. The zero-order valence-electron chi connectivity index (χ0n) is 17.8. The monoisotopic (exact) mass is 491 g/mol. The number of hydrogen-bond donors (Lipinski definition) is 4. The van der Waals surface area contributed by atoms with E-state index in [0.29, 0.717) is 17.1 Å². The Morgan fingerprint density at radius 2 is 1.91 bits per heavy atom. The quantitative estimate of drug-likeness (QED) is 0.341. The van der Waals surface area contributed by atoms with Crippen LogP contribution in [0.2, 0.25) is 5.02 Å². The Morgan fingerprint density at radius 3 is 2.64 bits per heavy atom. The molecule has 0 atom stereocenters. The van der Waals surface area contributed by atoms with Gasteiger partial charge in [0.05, 0.1) is 22.9 Å². The van der Waals surface area contributed by atoms with Gasteiger partial charge in [0, 0.05) is 17.6 Å². The fourth-order valence-corrected chi connectivity index (χ4v) is 4.19. The molecule has 11 nitrogen and oxygen atoms in total. The number of benzene rings is 1. The first-order valence-electron chi connectivity index (χ1n) is 9.66. The summed E-state index contributed by atoms with van der Waals surface area (Å²) in [4.78, 5) is 35.3. The molecule has 0 aliphatic carbocycles. The van der Waals surface area contributed by atoms with E-state index in [9.17, 15) is 18.0 Å². The van der Waals surface area contributed by atoms with Crippen LogP contribution in [0, 0.1) is 13.8 Å². The number of hydrazine groups is 1. The van der Waals surface area contributed by atoms with Gasteiger partial charge in [-0.1, -0.05) is 23.7 Å².